The highest BCUT2D eigenvalue weighted by atomic mass is 32.2. The Morgan fingerprint density at radius 3 is 1.94 bits per heavy atom. The minimum absolute atomic E-state index is 0.0396. The monoisotopic (exact) mass is 458 g/mol. The van der Waals surface area contributed by atoms with Gasteiger partial charge in [-0.05, 0) is 55.5 Å². The summed E-state index contributed by atoms with van der Waals surface area (Å²) in [5.74, 6) is -0.802. The molecular weight excluding hydrogens is 436 g/mol. The Bertz CT molecular complexity index is 1250. The molecule has 0 spiro atoms. The van der Waals surface area contributed by atoms with Gasteiger partial charge in [-0.1, -0.05) is 35.9 Å². The first-order chi connectivity index (χ1) is 14.7. The number of benzene rings is 3. The third kappa shape index (κ3) is 6.16. The summed E-state index contributed by atoms with van der Waals surface area (Å²) in [7, 11) is -7.33. The third-order valence-corrected chi connectivity index (χ3v) is 7.58. The zero-order valence-electron chi connectivity index (χ0n) is 16.8. The van der Waals surface area contributed by atoms with Crippen LogP contribution in [-0.4, -0.2) is 28.5 Å². The lowest BCUT2D eigenvalue weighted by atomic mass is 10.2. The molecule has 0 fully saturated rings. The molecule has 0 saturated heterocycles. The number of aryl methyl sites for hydroxylation is 1. The van der Waals surface area contributed by atoms with E-state index in [-0.39, 0.29) is 22.0 Å². The van der Waals surface area contributed by atoms with Gasteiger partial charge in [-0.2, -0.15) is 0 Å². The van der Waals surface area contributed by atoms with Crippen LogP contribution in [0.1, 0.15) is 12.0 Å². The highest BCUT2D eigenvalue weighted by Crippen LogP contribution is 2.19. The highest BCUT2D eigenvalue weighted by Gasteiger charge is 2.17. The summed E-state index contributed by atoms with van der Waals surface area (Å²) in [5, 5.41) is 2.58. The van der Waals surface area contributed by atoms with E-state index in [9.17, 15) is 21.6 Å². The van der Waals surface area contributed by atoms with Crippen LogP contribution in [0, 0.1) is 6.92 Å². The molecule has 3 aromatic rings. The zero-order chi connectivity index (χ0) is 22.5. The quantitative estimate of drug-likeness (QED) is 0.536. The molecule has 0 atom stereocenters. The topological polar surface area (TPSA) is 109 Å². The van der Waals surface area contributed by atoms with Gasteiger partial charge >= 0.3 is 0 Å². The van der Waals surface area contributed by atoms with Crippen molar-refractivity contribution >= 4 is 37.1 Å². The molecule has 3 aromatic carbocycles. The number of amides is 1. The van der Waals surface area contributed by atoms with Crippen LogP contribution in [0.2, 0.25) is 0 Å². The van der Waals surface area contributed by atoms with E-state index >= 15 is 0 Å². The van der Waals surface area contributed by atoms with E-state index in [4.69, 9.17) is 0 Å². The van der Waals surface area contributed by atoms with Crippen LogP contribution in [0.3, 0.4) is 0 Å². The zero-order valence-corrected chi connectivity index (χ0v) is 18.4. The Morgan fingerprint density at radius 2 is 1.32 bits per heavy atom. The smallest absolute Gasteiger partial charge is 0.261 e. The largest absolute Gasteiger partial charge is 0.326 e. The standard InChI is InChI=1S/C22H22N2O5S2/c1-17-7-9-19(10-8-17)24-31(28,29)21-13-11-18(12-14-21)23-22(25)15-16-30(26,27)20-5-3-2-4-6-20/h2-14,24H,15-16H2,1H3,(H,23,25). The van der Waals surface area contributed by atoms with Crippen molar-refractivity contribution < 1.29 is 21.6 Å². The molecule has 0 saturated carbocycles. The van der Waals surface area contributed by atoms with Crippen molar-refractivity contribution in [2.75, 3.05) is 15.8 Å². The second kappa shape index (κ2) is 9.32. The third-order valence-electron chi connectivity index (χ3n) is 4.45. The van der Waals surface area contributed by atoms with Gasteiger partial charge in [-0.3, -0.25) is 9.52 Å². The number of anilines is 2. The summed E-state index contributed by atoms with van der Waals surface area (Å²) < 4.78 is 52.0. The molecule has 31 heavy (non-hydrogen) atoms. The molecular formula is C22H22N2O5S2. The van der Waals surface area contributed by atoms with Crippen LogP contribution in [0.4, 0.5) is 11.4 Å². The van der Waals surface area contributed by atoms with E-state index in [0.717, 1.165) is 5.56 Å². The molecule has 9 heteroatoms. The molecule has 0 radical (unpaired) electrons. The van der Waals surface area contributed by atoms with Crippen molar-refractivity contribution in [3.63, 3.8) is 0 Å². The van der Waals surface area contributed by atoms with Crippen molar-refractivity contribution in [1.82, 2.24) is 0 Å². The summed E-state index contributed by atoms with van der Waals surface area (Å²) in [6.07, 6.45) is -0.216. The maximum absolute atomic E-state index is 12.5. The fourth-order valence-corrected chi connectivity index (χ4v) is 5.07. The van der Waals surface area contributed by atoms with Gasteiger partial charge in [0.05, 0.1) is 15.5 Å². The number of nitrogens with one attached hydrogen (secondary N) is 2. The number of hydrogen-bond acceptors (Lipinski definition) is 5. The molecule has 0 aliphatic heterocycles. The van der Waals surface area contributed by atoms with E-state index < -0.39 is 25.8 Å². The summed E-state index contributed by atoms with van der Waals surface area (Å²) in [6, 6.07) is 20.5. The fraction of sp³-hybridized carbons (Fsp3) is 0.136. The van der Waals surface area contributed by atoms with Gasteiger partial charge < -0.3 is 5.32 Å². The first kappa shape index (κ1) is 22.5. The molecule has 2 N–H and O–H groups in total. The molecule has 0 aromatic heterocycles. The molecule has 0 heterocycles. The van der Waals surface area contributed by atoms with Crippen LogP contribution >= 0.6 is 0 Å². The molecule has 0 aliphatic rings. The number of carbonyl (C=O) groups is 1. The van der Waals surface area contributed by atoms with Crippen LogP contribution in [0.5, 0.6) is 0 Å². The van der Waals surface area contributed by atoms with E-state index in [1.165, 1.54) is 36.4 Å². The second-order valence-electron chi connectivity index (χ2n) is 6.93. The maximum Gasteiger partial charge on any atom is 0.261 e. The first-order valence-electron chi connectivity index (χ1n) is 9.43. The lowest BCUT2D eigenvalue weighted by Crippen LogP contribution is -2.17. The van der Waals surface area contributed by atoms with Crippen molar-refractivity contribution in [3.8, 4) is 0 Å². The van der Waals surface area contributed by atoms with Crippen LogP contribution in [0.15, 0.2) is 88.7 Å². The van der Waals surface area contributed by atoms with Crippen molar-refractivity contribution in [1.29, 1.82) is 0 Å². The van der Waals surface area contributed by atoms with Crippen LogP contribution in [0.25, 0.3) is 0 Å². The SMILES string of the molecule is Cc1ccc(NS(=O)(=O)c2ccc(NC(=O)CCS(=O)(=O)c3ccccc3)cc2)cc1. The van der Waals surface area contributed by atoms with Crippen LogP contribution < -0.4 is 10.0 Å². The summed E-state index contributed by atoms with van der Waals surface area (Å²) >= 11 is 0. The average molecular weight is 459 g/mol. The lowest BCUT2D eigenvalue weighted by Gasteiger charge is -2.10. The number of carbonyl (C=O) groups excluding carboxylic acids is 1. The predicted molar refractivity (Wildman–Crippen MR) is 120 cm³/mol. The van der Waals surface area contributed by atoms with E-state index in [1.807, 2.05) is 6.92 Å². The Hall–Kier alpha value is -3.17. The van der Waals surface area contributed by atoms with E-state index in [1.54, 1.807) is 42.5 Å². The molecule has 0 aliphatic carbocycles. The Labute approximate surface area is 182 Å². The summed E-state index contributed by atoms with van der Waals surface area (Å²) in [6.45, 7) is 1.91. The number of rotatable bonds is 8. The Kier molecular flexibility index (Phi) is 6.77. The minimum Gasteiger partial charge on any atom is -0.326 e. The van der Waals surface area contributed by atoms with E-state index in [0.29, 0.717) is 11.4 Å². The van der Waals surface area contributed by atoms with Gasteiger partial charge in [-0.15, -0.1) is 0 Å². The molecule has 3 rings (SSSR count). The van der Waals surface area contributed by atoms with Crippen molar-refractivity contribution in [2.45, 2.75) is 23.1 Å². The average Bonchev–Trinajstić information content (AvgIpc) is 2.75. The molecule has 0 unspecified atom stereocenters. The van der Waals surface area contributed by atoms with Gasteiger partial charge in [0.15, 0.2) is 9.84 Å². The van der Waals surface area contributed by atoms with Crippen molar-refractivity contribution in [2.24, 2.45) is 0 Å². The van der Waals surface area contributed by atoms with Gasteiger partial charge in [0.1, 0.15) is 0 Å². The summed E-state index contributed by atoms with van der Waals surface area (Å²) in [4.78, 5) is 12.3. The minimum atomic E-state index is -3.77. The molecule has 1 amide bonds. The first-order valence-corrected chi connectivity index (χ1v) is 12.6. The molecule has 0 bridgehead atoms. The molecule has 7 nitrogen and oxygen atoms in total. The number of sulfonamides is 1. The lowest BCUT2D eigenvalue weighted by molar-refractivity contribution is -0.115. The van der Waals surface area contributed by atoms with Crippen LogP contribution in [-0.2, 0) is 24.7 Å². The summed E-state index contributed by atoms with van der Waals surface area (Å²) in [5.41, 5.74) is 1.83. The Morgan fingerprint density at radius 1 is 0.742 bits per heavy atom. The Balaban J connectivity index is 1.59. The van der Waals surface area contributed by atoms with Gasteiger partial charge in [0.25, 0.3) is 10.0 Å². The normalized spacial score (nSPS) is 11.6. The second-order valence-corrected chi connectivity index (χ2v) is 10.7. The highest BCUT2D eigenvalue weighted by molar-refractivity contribution is 7.92. The number of hydrogen-bond donors (Lipinski definition) is 2. The number of sulfone groups is 1. The van der Waals surface area contributed by atoms with Crippen molar-refractivity contribution in [3.05, 3.63) is 84.4 Å². The van der Waals surface area contributed by atoms with E-state index in [2.05, 4.69) is 10.0 Å². The van der Waals surface area contributed by atoms with Gasteiger partial charge in [-0.25, -0.2) is 16.8 Å². The molecule has 162 valence electrons. The van der Waals surface area contributed by atoms with Gasteiger partial charge in [0, 0.05) is 17.8 Å². The fourth-order valence-electron chi connectivity index (χ4n) is 2.75. The predicted octanol–water partition coefficient (Wildman–Crippen LogP) is 3.60. The maximum atomic E-state index is 12.5. The van der Waals surface area contributed by atoms with Gasteiger partial charge in [0.2, 0.25) is 5.91 Å².